The minimum absolute atomic E-state index is 0.284. The van der Waals surface area contributed by atoms with Crippen LogP contribution in [0.2, 0.25) is 10.0 Å². The molecule has 1 saturated heterocycles. The molecule has 2 saturated carbocycles. The summed E-state index contributed by atoms with van der Waals surface area (Å²) in [5.74, 6) is 2.80. The molecule has 0 N–H and O–H groups in total. The highest BCUT2D eigenvalue weighted by Crippen LogP contribution is 2.47. The molecule has 2 heterocycles. The summed E-state index contributed by atoms with van der Waals surface area (Å²) in [5, 5.41) is 5.53. The number of rotatable bonds is 7. The maximum Gasteiger partial charge on any atom is 0.145 e. The second kappa shape index (κ2) is 8.20. The molecule has 0 spiro atoms. The van der Waals surface area contributed by atoms with Crippen LogP contribution in [0.1, 0.15) is 42.9 Å². The number of methoxy groups -OCH3 is 1. The number of fused-ring (bicyclic) bond motifs is 1. The van der Waals surface area contributed by atoms with Crippen molar-refractivity contribution in [1.82, 2.24) is 10.1 Å². The molecule has 7 heteroatoms. The summed E-state index contributed by atoms with van der Waals surface area (Å²) in [6, 6.07) is 5.52. The van der Waals surface area contributed by atoms with E-state index in [1.165, 1.54) is 0 Å². The molecule has 1 aliphatic heterocycles. The fraction of sp³-hybridized carbons (Fsp3) is 0.591. The Hall–Kier alpha value is -1.11. The number of halogens is 2. The van der Waals surface area contributed by atoms with Crippen molar-refractivity contribution in [3.63, 3.8) is 0 Å². The molecule has 3 atom stereocenters. The molecular formula is C22H26Cl2N2O3. The van der Waals surface area contributed by atoms with Crippen molar-refractivity contribution in [2.45, 2.75) is 44.3 Å². The molecule has 0 bridgehead atoms. The summed E-state index contributed by atoms with van der Waals surface area (Å²) in [7, 11) is 1.76. The van der Waals surface area contributed by atoms with Crippen LogP contribution in [0.3, 0.4) is 0 Å². The zero-order valence-corrected chi connectivity index (χ0v) is 18.1. The van der Waals surface area contributed by atoms with Gasteiger partial charge in [0.2, 0.25) is 0 Å². The molecule has 5 nitrogen and oxygen atoms in total. The van der Waals surface area contributed by atoms with Crippen molar-refractivity contribution in [3.05, 3.63) is 39.6 Å². The first-order valence-corrected chi connectivity index (χ1v) is 11.1. The highest BCUT2D eigenvalue weighted by Gasteiger charge is 2.41. The molecule has 3 fully saturated rings. The molecule has 2 aliphatic carbocycles. The van der Waals surface area contributed by atoms with E-state index in [-0.39, 0.29) is 6.10 Å². The van der Waals surface area contributed by atoms with Crippen LogP contribution in [-0.4, -0.2) is 43.1 Å². The van der Waals surface area contributed by atoms with Gasteiger partial charge in [0.15, 0.2) is 0 Å². The molecule has 0 radical (unpaired) electrons. The first-order chi connectivity index (χ1) is 14.1. The lowest BCUT2D eigenvalue weighted by Gasteiger charge is -2.18. The second-order valence-electron chi connectivity index (χ2n) is 8.62. The fourth-order valence-corrected chi connectivity index (χ4v) is 5.59. The van der Waals surface area contributed by atoms with Crippen molar-refractivity contribution < 1.29 is 14.0 Å². The summed E-state index contributed by atoms with van der Waals surface area (Å²) in [5.41, 5.74) is 2.48. The van der Waals surface area contributed by atoms with Gasteiger partial charge in [-0.15, -0.1) is 0 Å². The van der Waals surface area contributed by atoms with E-state index in [0.29, 0.717) is 34.4 Å². The van der Waals surface area contributed by atoms with Crippen LogP contribution in [0, 0.1) is 11.8 Å². The van der Waals surface area contributed by atoms with Gasteiger partial charge < -0.3 is 14.0 Å². The molecule has 1 aromatic carbocycles. The summed E-state index contributed by atoms with van der Waals surface area (Å²) < 4.78 is 17.4. The van der Waals surface area contributed by atoms with Crippen molar-refractivity contribution in [1.29, 1.82) is 0 Å². The minimum atomic E-state index is 0.284. The lowest BCUT2D eigenvalue weighted by Crippen LogP contribution is -2.25. The van der Waals surface area contributed by atoms with Crippen molar-refractivity contribution >= 4 is 23.2 Å². The molecule has 1 aromatic heterocycles. The van der Waals surface area contributed by atoms with Gasteiger partial charge in [0, 0.05) is 37.2 Å². The molecule has 2 aromatic rings. The quantitative estimate of drug-likeness (QED) is 0.584. The number of hydrogen-bond acceptors (Lipinski definition) is 5. The highest BCUT2D eigenvalue weighted by atomic mass is 35.5. The average Bonchev–Trinajstić information content (AvgIpc) is 3.18. The Morgan fingerprint density at radius 3 is 2.45 bits per heavy atom. The minimum Gasteiger partial charge on any atom is -0.373 e. The summed E-state index contributed by atoms with van der Waals surface area (Å²) in [6.45, 7) is 3.45. The smallest absolute Gasteiger partial charge is 0.145 e. The first-order valence-electron chi connectivity index (χ1n) is 10.4. The molecular weight excluding hydrogens is 411 g/mol. The predicted octanol–water partition coefficient (Wildman–Crippen LogP) is 5.36. The zero-order chi connectivity index (χ0) is 20.0. The van der Waals surface area contributed by atoms with E-state index in [2.05, 4.69) is 10.1 Å². The van der Waals surface area contributed by atoms with Gasteiger partial charge in [-0.25, -0.2) is 0 Å². The number of benzene rings is 1. The Morgan fingerprint density at radius 2 is 1.83 bits per heavy atom. The first kappa shape index (κ1) is 19.8. The number of aromatic nitrogens is 1. The Labute approximate surface area is 181 Å². The van der Waals surface area contributed by atoms with Crippen molar-refractivity contribution in [3.8, 4) is 11.3 Å². The van der Waals surface area contributed by atoms with Gasteiger partial charge in [0.1, 0.15) is 11.5 Å². The number of likely N-dealkylation sites (tertiary alicyclic amines) is 1. The van der Waals surface area contributed by atoms with Gasteiger partial charge in [0.05, 0.1) is 29.5 Å². The van der Waals surface area contributed by atoms with E-state index in [0.717, 1.165) is 68.1 Å². The van der Waals surface area contributed by atoms with E-state index in [1.54, 1.807) is 7.11 Å². The highest BCUT2D eigenvalue weighted by molar-refractivity contribution is 6.39. The maximum atomic E-state index is 6.45. The van der Waals surface area contributed by atoms with E-state index in [9.17, 15) is 0 Å². The molecule has 29 heavy (non-hydrogen) atoms. The monoisotopic (exact) mass is 436 g/mol. The predicted molar refractivity (Wildman–Crippen MR) is 112 cm³/mol. The normalized spacial score (nSPS) is 26.9. The van der Waals surface area contributed by atoms with E-state index in [4.69, 9.17) is 37.2 Å². The average molecular weight is 437 g/mol. The fourth-order valence-electron chi connectivity index (χ4n) is 5.01. The van der Waals surface area contributed by atoms with Gasteiger partial charge in [-0.2, -0.15) is 0 Å². The Kier molecular flexibility index (Phi) is 5.61. The Morgan fingerprint density at radius 1 is 1.14 bits per heavy atom. The van der Waals surface area contributed by atoms with Gasteiger partial charge in [0.25, 0.3) is 0 Å². The van der Waals surface area contributed by atoms with Crippen LogP contribution in [0.4, 0.5) is 0 Å². The van der Waals surface area contributed by atoms with E-state index in [1.807, 2.05) is 18.2 Å². The summed E-state index contributed by atoms with van der Waals surface area (Å²) in [4.78, 5) is 2.40. The van der Waals surface area contributed by atoms with Crippen molar-refractivity contribution in [2.75, 3.05) is 26.9 Å². The van der Waals surface area contributed by atoms with Gasteiger partial charge in [-0.1, -0.05) is 34.4 Å². The second-order valence-corrected chi connectivity index (χ2v) is 9.44. The lowest BCUT2D eigenvalue weighted by molar-refractivity contribution is 0.0290. The van der Waals surface area contributed by atoms with E-state index >= 15 is 0 Å². The zero-order valence-electron chi connectivity index (χ0n) is 16.6. The molecule has 0 amide bonds. The number of nitrogens with zero attached hydrogens (tertiary/aromatic N) is 2. The Bertz CT molecular complexity index is 849. The maximum absolute atomic E-state index is 6.45. The standard InChI is InChI=1S/C22H26Cl2N2O3/c1-27-12-26-9-14-7-16(8-15(14)10-26)28-11-17-21(25-29-22(17)13-5-6-13)20-18(23)3-2-4-19(20)24/h2-4,13-16H,5-12H2,1H3/t14-,15+,16?. The van der Waals surface area contributed by atoms with Crippen LogP contribution in [0.15, 0.2) is 22.7 Å². The van der Waals surface area contributed by atoms with Crippen LogP contribution >= 0.6 is 23.2 Å². The number of ether oxygens (including phenoxy) is 2. The van der Waals surface area contributed by atoms with Gasteiger partial charge in [-0.3, -0.25) is 4.90 Å². The van der Waals surface area contributed by atoms with Crippen LogP contribution < -0.4 is 0 Å². The van der Waals surface area contributed by atoms with E-state index < -0.39 is 0 Å². The lowest BCUT2D eigenvalue weighted by atomic mass is 10.0. The summed E-state index contributed by atoms with van der Waals surface area (Å²) >= 11 is 12.9. The van der Waals surface area contributed by atoms with Crippen LogP contribution in [0.25, 0.3) is 11.3 Å². The Balaban J connectivity index is 1.31. The van der Waals surface area contributed by atoms with Crippen molar-refractivity contribution in [2.24, 2.45) is 11.8 Å². The summed E-state index contributed by atoms with van der Waals surface area (Å²) in [6.07, 6.45) is 4.78. The largest absolute Gasteiger partial charge is 0.373 e. The van der Waals surface area contributed by atoms with Gasteiger partial charge in [-0.05, 0) is 49.7 Å². The van der Waals surface area contributed by atoms with Crippen LogP contribution in [-0.2, 0) is 16.1 Å². The molecule has 1 unspecified atom stereocenters. The van der Waals surface area contributed by atoms with Gasteiger partial charge >= 0.3 is 0 Å². The third-order valence-electron chi connectivity index (χ3n) is 6.52. The molecule has 156 valence electrons. The van der Waals surface area contributed by atoms with Crippen LogP contribution in [0.5, 0.6) is 0 Å². The molecule has 3 aliphatic rings. The molecule has 5 rings (SSSR count). The third kappa shape index (κ3) is 3.96. The topological polar surface area (TPSA) is 47.7 Å². The number of hydrogen-bond donors (Lipinski definition) is 0. The third-order valence-corrected chi connectivity index (χ3v) is 7.15. The SMILES string of the molecule is COCN1C[C@H]2CC(OCc3c(-c4c(Cl)cccc4Cl)noc3C3CC3)C[C@H]2C1.